The van der Waals surface area contributed by atoms with Gasteiger partial charge in [-0.2, -0.15) is 0 Å². The van der Waals surface area contributed by atoms with Gasteiger partial charge in [0.05, 0.1) is 18.2 Å². The summed E-state index contributed by atoms with van der Waals surface area (Å²) in [5.74, 6) is -1.03. The topological polar surface area (TPSA) is 83.3 Å². The summed E-state index contributed by atoms with van der Waals surface area (Å²) in [5.41, 5.74) is 2.63. The first kappa shape index (κ1) is 9.59. The summed E-state index contributed by atoms with van der Waals surface area (Å²) in [6, 6.07) is 3.41. The molecule has 2 N–H and O–H groups in total. The molecule has 0 radical (unpaired) electrons. The van der Waals surface area contributed by atoms with Crippen LogP contribution in [0.5, 0.6) is 0 Å². The van der Waals surface area contributed by atoms with Gasteiger partial charge in [0.1, 0.15) is 6.33 Å². The molecule has 0 atom stereocenters. The standard InChI is InChI=1S/C11H8N4O2/c16-11(17)9-2-8-1-7(4-15(8)6-14-9)10-3-12-5-13-10/h1-6H,(H,12,13)(H,16,17). The predicted molar refractivity (Wildman–Crippen MR) is 59.7 cm³/mol. The number of carboxylic acid groups (broad SMARTS) is 1. The van der Waals surface area contributed by atoms with Gasteiger partial charge in [0.2, 0.25) is 0 Å². The summed E-state index contributed by atoms with van der Waals surface area (Å²) in [6.07, 6.45) is 6.65. The lowest BCUT2D eigenvalue weighted by atomic mass is 10.2. The van der Waals surface area contributed by atoms with Crippen LogP contribution < -0.4 is 0 Å². The van der Waals surface area contributed by atoms with E-state index in [4.69, 9.17) is 5.11 Å². The lowest BCUT2D eigenvalue weighted by Gasteiger charge is -1.95. The molecule has 0 aromatic carbocycles. The van der Waals surface area contributed by atoms with Gasteiger partial charge >= 0.3 is 5.97 Å². The molecule has 0 saturated carbocycles. The first-order valence-electron chi connectivity index (χ1n) is 4.94. The van der Waals surface area contributed by atoms with Crippen molar-refractivity contribution in [3.63, 3.8) is 0 Å². The van der Waals surface area contributed by atoms with E-state index in [-0.39, 0.29) is 5.69 Å². The minimum absolute atomic E-state index is 0.0340. The maximum absolute atomic E-state index is 10.8. The Balaban J connectivity index is 2.16. The Morgan fingerprint density at radius 1 is 1.41 bits per heavy atom. The number of nitrogens with zero attached hydrogens (tertiary/aromatic N) is 3. The molecule has 0 fully saturated rings. The highest BCUT2D eigenvalue weighted by atomic mass is 16.4. The largest absolute Gasteiger partial charge is 0.477 e. The number of hydrogen-bond acceptors (Lipinski definition) is 3. The molecule has 0 aliphatic heterocycles. The number of aromatic carboxylic acids is 1. The van der Waals surface area contributed by atoms with Gasteiger partial charge in [-0.25, -0.2) is 14.8 Å². The van der Waals surface area contributed by atoms with E-state index in [1.165, 1.54) is 12.4 Å². The number of H-pyrrole nitrogens is 1. The number of nitrogens with one attached hydrogen (secondary N) is 1. The summed E-state index contributed by atoms with van der Waals surface area (Å²) < 4.78 is 1.77. The Bertz CT molecular complexity index is 685. The summed E-state index contributed by atoms with van der Waals surface area (Å²) in [6.45, 7) is 0. The predicted octanol–water partition coefficient (Wildman–Crippen LogP) is 1.42. The second kappa shape index (κ2) is 3.44. The first-order valence-corrected chi connectivity index (χ1v) is 4.94. The molecule has 0 aliphatic carbocycles. The lowest BCUT2D eigenvalue weighted by molar-refractivity contribution is 0.0690. The quantitative estimate of drug-likeness (QED) is 0.694. The Morgan fingerprint density at radius 2 is 2.29 bits per heavy atom. The zero-order chi connectivity index (χ0) is 11.8. The number of carbonyl (C=O) groups is 1. The number of aromatic amines is 1. The van der Waals surface area contributed by atoms with Crippen molar-refractivity contribution in [2.45, 2.75) is 0 Å². The highest BCUT2D eigenvalue weighted by Crippen LogP contribution is 2.20. The van der Waals surface area contributed by atoms with Gasteiger partial charge in [0, 0.05) is 17.3 Å². The van der Waals surface area contributed by atoms with Crippen LogP contribution in [0.1, 0.15) is 10.5 Å². The SMILES string of the molecule is O=C(O)c1cc2cc(-c3cnc[nH]3)cn2cn1. The van der Waals surface area contributed by atoms with Crippen LogP contribution >= 0.6 is 0 Å². The molecule has 17 heavy (non-hydrogen) atoms. The van der Waals surface area contributed by atoms with E-state index in [0.29, 0.717) is 0 Å². The average molecular weight is 228 g/mol. The third-order valence-corrected chi connectivity index (χ3v) is 2.51. The summed E-state index contributed by atoms with van der Waals surface area (Å²) in [5, 5.41) is 8.85. The molecular formula is C11H8N4O2. The molecule has 6 heteroatoms. The number of imidazole rings is 1. The summed E-state index contributed by atoms with van der Waals surface area (Å²) in [7, 11) is 0. The van der Waals surface area contributed by atoms with E-state index in [0.717, 1.165) is 16.8 Å². The molecule has 3 aromatic heterocycles. The van der Waals surface area contributed by atoms with E-state index in [1.807, 2.05) is 12.3 Å². The molecule has 0 unspecified atom stereocenters. The maximum Gasteiger partial charge on any atom is 0.354 e. The van der Waals surface area contributed by atoms with Crippen molar-refractivity contribution in [1.29, 1.82) is 0 Å². The van der Waals surface area contributed by atoms with E-state index in [2.05, 4.69) is 15.0 Å². The molecule has 84 valence electrons. The van der Waals surface area contributed by atoms with Gasteiger partial charge in [-0.3, -0.25) is 0 Å². The Kier molecular flexibility index (Phi) is 1.94. The number of carboxylic acids is 1. The third-order valence-electron chi connectivity index (χ3n) is 2.51. The smallest absolute Gasteiger partial charge is 0.354 e. The van der Waals surface area contributed by atoms with Crippen molar-refractivity contribution in [3.05, 3.63) is 42.9 Å². The van der Waals surface area contributed by atoms with Gasteiger partial charge in [-0.05, 0) is 12.1 Å². The highest BCUT2D eigenvalue weighted by molar-refractivity contribution is 5.87. The minimum atomic E-state index is -1.03. The van der Waals surface area contributed by atoms with Crippen LogP contribution in [0.4, 0.5) is 0 Å². The van der Waals surface area contributed by atoms with Crippen molar-refractivity contribution in [3.8, 4) is 11.3 Å². The Hall–Kier alpha value is -2.63. The molecule has 3 rings (SSSR count). The monoisotopic (exact) mass is 228 g/mol. The fourth-order valence-electron chi connectivity index (χ4n) is 1.69. The van der Waals surface area contributed by atoms with Crippen molar-refractivity contribution < 1.29 is 9.90 Å². The van der Waals surface area contributed by atoms with Crippen LogP contribution in [0.3, 0.4) is 0 Å². The number of fused-ring (bicyclic) bond motifs is 1. The number of rotatable bonds is 2. The van der Waals surface area contributed by atoms with Gasteiger partial charge in [0.15, 0.2) is 5.69 Å². The molecular weight excluding hydrogens is 220 g/mol. The number of aromatic nitrogens is 4. The van der Waals surface area contributed by atoms with Crippen LogP contribution in [0.15, 0.2) is 37.2 Å². The van der Waals surface area contributed by atoms with Crippen LogP contribution in [0.2, 0.25) is 0 Å². The van der Waals surface area contributed by atoms with E-state index < -0.39 is 5.97 Å². The second-order valence-corrected chi connectivity index (χ2v) is 3.61. The summed E-state index contributed by atoms with van der Waals surface area (Å²) in [4.78, 5) is 21.6. The van der Waals surface area contributed by atoms with E-state index >= 15 is 0 Å². The molecule has 6 nitrogen and oxygen atoms in total. The molecule has 0 amide bonds. The minimum Gasteiger partial charge on any atom is -0.477 e. The fourth-order valence-corrected chi connectivity index (χ4v) is 1.69. The lowest BCUT2D eigenvalue weighted by Crippen LogP contribution is -2.00. The molecule has 0 bridgehead atoms. The van der Waals surface area contributed by atoms with Gasteiger partial charge in [-0.15, -0.1) is 0 Å². The Morgan fingerprint density at radius 3 is 3.00 bits per heavy atom. The van der Waals surface area contributed by atoms with Gasteiger partial charge in [-0.1, -0.05) is 0 Å². The second-order valence-electron chi connectivity index (χ2n) is 3.61. The molecule has 3 aromatic rings. The third kappa shape index (κ3) is 1.55. The van der Waals surface area contributed by atoms with Crippen molar-refractivity contribution in [2.24, 2.45) is 0 Å². The van der Waals surface area contributed by atoms with Gasteiger partial charge in [0.25, 0.3) is 0 Å². The zero-order valence-electron chi connectivity index (χ0n) is 8.66. The Labute approximate surface area is 95.6 Å². The van der Waals surface area contributed by atoms with Crippen LogP contribution in [0.25, 0.3) is 16.8 Å². The molecule has 0 saturated heterocycles. The zero-order valence-corrected chi connectivity index (χ0v) is 8.66. The number of hydrogen-bond donors (Lipinski definition) is 2. The van der Waals surface area contributed by atoms with Crippen molar-refractivity contribution in [1.82, 2.24) is 19.4 Å². The van der Waals surface area contributed by atoms with Crippen LogP contribution in [-0.2, 0) is 0 Å². The van der Waals surface area contributed by atoms with Crippen LogP contribution in [0, 0.1) is 0 Å². The van der Waals surface area contributed by atoms with Gasteiger partial charge < -0.3 is 14.5 Å². The van der Waals surface area contributed by atoms with E-state index in [9.17, 15) is 4.79 Å². The van der Waals surface area contributed by atoms with Crippen molar-refractivity contribution >= 4 is 11.5 Å². The fraction of sp³-hybridized carbons (Fsp3) is 0. The van der Waals surface area contributed by atoms with Crippen LogP contribution in [-0.4, -0.2) is 30.4 Å². The normalized spacial score (nSPS) is 10.8. The maximum atomic E-state index is 10.8. The van der Waals surface area contributed by atoms with Crippen molar-refractivity contribution in [2.75, 3.05) is 0 Å². The highest BCUT2D eigenvalue weighted by Gasteiger charge is 2.08. The molecule has 0 aliphatic rings. The molecule has 3 heterocycles. The summed E-state index contributed by atoms with van der Waals surface area (Å²) >= 11 is 0. The average Bonchev–Trinajstić information content (AvgIpc) is 2.96. The first-order chi connectivity index (χ1) is 8.24. The molecule has 0 spiro atoms. The van der Waals surface area contributed by atoms with E-state index in [1.54, 1.807) is 16.9 Å².